The van der Waals surface area contributed by atoms with Crippen LogP contribution in [0.4, 0.5) is 29.3 Å². The third-order valence-electron chi connectivity index (χ3n) is 4.56. The quantitative estimate of drug-likeness (QED) is 0.342. The van der Waals surface area contributed by atoms with Crippen molar-refractivity contribution in [1.29, 1.82) is 0 Å². The van der Waals surface area contributed by atoms with Gasteiger partial charge in [-0.25, -0.2) is 9.78 Å². The van der Waals surface area contributed by atoms with Gasteiger partial charge in [-0.2, -0.15) is 27.8 Å². The van der Waals surface area contributed by atoms with E-state index in [9.17, 15) is 18.0 Å². The first kappa shape index (κ1) is 22.6. The lowest BCUT2D eigenvalue weighted by molar-refractivity contribution is -0.137. The number of benzene rings is 2. The maximum absolute atomic E-state index is 12.8. The summed E-state index contributed by atoms with van der Waals surface area (Å²) in [5, 5.41) is 10.1. The fraction of sp³-hybridized carbons (Fsp3) is 0.182. The number of amides is 2. The number of rotatable bonds is 6. The molecule has 4 rings (SSSR count). The molecule has 0 aliphatic rings. The smallest absolute Gasteiger partial charge is 0.308 e. The number of alkyl halides is 3. The van der Waals surface area contributed by atoms with Crippen molar-refractivity contribution in [2.75, 3.05) is 10.6 Å². The Morgan fingerprint density at radius 1 is 1.06 bits per heavy atom. The van der Waals surface area contributed by atoms with E-state index in [-0.39, 0.29) is 5.69 Å². The van der Waals surface area contributed by atoms with Crippen LogP contribution in [0.3, 0.4) is 0 Å². The third kappa shape index (κ3) is 5.61. The van der Waals surface area contributed by atoms with Crippen LogP contribution in [0.5, 0.6) is 0 Å². The van der Waals surface area contributed by atoms with Gasteiger partial charge in [-0.3, -0.25) is 0 Å². The highest BCUT2D eigenvalue weighted by molar-refractivity contribution is 7.99. The molecule has 0 fully saturated rings. The second-order valence-electron chi connectivity index (χ2n) is 7.09. The van der Waals surface area contributed by atoms with Crippen molar-refractivity contribution in [3.63, 3.8) is 0 Å². The molecular weight excluding hydrogens is 453 g/mol. The fourth-order valence-electron chi connectivity index (χ4n) is 3.08. The number of nitrogens with one attached hydrogen (secondary N) is 2. The van der Waals surface area contributed by atoms with Gasteiger partial charge in [0.05, 0.1) is 5.56 Å². The monoisotopic (exact) mass is 472 g/mol. The molecule has 0 spiro atoms. The largest absolute Gasteiger partial charge is 0.416 e. The molecule has 170 valence electrons. The van der Waals surface area contributed by atoms with Crippen molar-refractivity contribution in [2.45, 2.75) is 35.9 Å². The second-order valence-corrected chi connectivity index (χ2v) is 8.19. The van der Waals surface area contributed by atoms with Crippen molar-refractivity contribution in [3.8, 4) is 0 Å². The number of aromatic nitrogens is 4. The molecule has 11 heteroatoms. The molecule has 2 amide bonds. The van der Waals surface area contributed by atoms with Crippen LogP contribution in [0, 0.1) is 0 Å². The number of carbonyl (C=O) groups is 1. The molecule has 2 N–H and O–H groups in total. The number of hydrogen-bond acceptors (Lipinski definition) is 5. The number of urea groups is 1. The highest BCUT2D eigenvalue weighted by Crippen LogP contribution is 2.31. The maximum Gasteiger partial charge on any atom is 0.416 e. The number of fused-ring (bicyclic) bond motifs is 1. The van der Waals surface area contributed by atoms with Crippen LogP contribution >= 0.6 is 11.8 Å². The first-order valence-corrected chi connectivity index (χ1v) is 10.9. The molecule has 0 saturated carbocycles. The summed E-state index contributed by atoms with van der Waals surface area (Å²) in [4.78, 5) is 21.8. The van der Waals surface area contributed by atoms with Gasteiger partial charge in [0.25, 0.3) is 5.78 Å². The summed E-state index contributed by atoms with van der Waals surface area (Å²) in [7, 11) is 0. The molecule has 0 unspecified atom stereocenters. The second kappa shape index (κ2) is 9.49. The zero-order valence-electron chi connectivity index (χ0n) is 17.4. The Morgan fingerprint density at radius 3 is 2.55 bits per heavy atom. The number of aryl methyl sites for hydroxylation is 1. The molecule has 2 heterocycles. The Hall–Kier alpha value is -3.60. The predicted molar refractivity (Wildman–Crippen MR) is 119 cm³/mol. The van der Waals surface area contributed by atoms with Gasteiger partial charge in [-0.1, -0.05) is 31.2 Å². The highest BCUT2D eigenvalue weighted by Gasteiger charge is 2.30. The Balaban J connectivity index is 1.42. The van der Waals surface area contributed by atoms with Crippen LogP contribution in [0.1, 0.15) is 24.6 Å². The number of anilines is 2. The molecule has 0 radical (unpaired) electrons. The van der Waals surface area contributed by atoms with E-state index in [1.807, 2.05) is 18.2 Å². The van der Waals surface area contributed by atoms with E-state index in [4.69, 9.17) is 0 Å². The minimum Gasteiger partial charge on any atom is -0.308 e. The van der Waals surface area contributed by atoms with Gasteiger partial charge in [0, 0.05) is 22.0 Å². The van der Waals surface area contributed by atoms with Crippen LogP contribution < -0.4 is 10.6 Å². The summed E-state index contributed by atoms with van der Waals surface area (Å²) in [5.41, 5.74) is 0.648. The van der Waals surface area contributed by atoms with E-state index in [0.29, 0.717) is 11.5 Å². The van der Waals surface area contributed by atoms with Crippen molar-refractivity contribution >= 4 is 34.9 Å². The van der Waals surface area contributed by atoms with Gasteiger partial charge in [0.1, 0.15) is 11.4 Å². The lowest BCUT2D eigenvalue weighted by Gasteiger charge is -2.11. The number of hydrogen-bond donors (Lipinski definition) is 2. The van der Waals surface area contributed by atoms with Gasteiger partial charge in [-0.05, 0) is 55.0 Å². The molecule has 0 atom stereocenters. The van der Waals surface area contributed by atoms with Crippen LogP contribution in [-0.2, 0) is 12.6 Å². The molecule has 0 aliphatic carbocycles. The van der Waals surface area contributed by atoms with Crippen LogP contribution in [0.15, 0.2) is 70.8 Å². The van der Waals surface area contributed by atoms with Gasteiger partial charge < -0.3 is 10.6 Å². The van der Waals surface area contributed by atoms with E-state index < -0.39 is 17.8 Å². The van der Waals surface area contributed by atoms with Gasteiger partial charge in [0.2, 0.25) is 0 Å². The number of carbonyl (C=O) groups excluding carboxylic acids is 1. The molecule has 0 bridgehead atoms. The van der Waals surface area contributed by atoms with Crippen LogP contribution in [-0.4, -0.2) is 25.6 Å². The van der Waals surface area contributed by atoms with Crippen molar-refractivity contribution < 1.29 is 18.0 Å². The summed E-state index contributed by atoms with van der Waals surface area (Å²) in [6.45, 7) is 2.08. The summed E-state index contributed by atoms with van der Waals surface area (Å²) in [5.74, 6) is 0.535. The van der Waals surface area contributed by atoms with E-state index >= 15 is 0 Å². The SMILES string of the molecule is CCCc1cc(Sc2ccc(NC(=O)Nc3cccc(C(F)(F)F)c3)cc2)n2ncnc2n1. The van der Waals surface area contributed by atoms with Crippen molar-refractivity contribution in [3.05, 3.63) is 72.2 Å². The molecule has 4 aromatic rings. The van der Waals surface area contributed by atoms with Gasteiger partial charge in [0.15, 0.2) is 0 Å². The number of halogens is 3. The lowest BCUT2D eigenvalue weighted by Crippen LogP contribution is -2.19. The summed E-state index contributed by atoms with van der Waals surface area (Å²) >= 11 is 1.48. The first-order chi connectivity index (χ1) is 15.8. The Kier molecular flexibility index (Phi) is 6.50. The van der Waals surface area contributed by atoms with E-state index in [1.54, 1.807) is 16.6 Å². The first-order valence-electron chi connectivity index (χ1n) is 10.0. The van der Waals surface area contributed by atoms with E-state index in [0.717, 1.165) is 40.6 Å². The third-order valence-corrected chi connectivity index (χ3v) is 5.57. The zero-order valence-corrected chi connectivity index (χ0v) is 18.2. The molecule has 2 aromatic heterocycles. The minimum absolute atomic E-state index is 0.0481. The Bertz CT molecular complexity index is 1270. The topological polar surface area (TPSA) is 84.2 Å². The summed E-state index contributed by atoms with van der Waals surface area (Å²) in [6.07, 6.45) is -1.23. The normalized spacial score (nSPS) is 11.5. The van der Waals surface area contributed by atoms with Gasteiger partial charge >= 0.3 is 12.2 Å². The van der Waals surface area contributed by atoms with Crippen molar-refractivity contribution in [2.24, 2.45) is 0 Å². The van der Waals surface area contributed by atoms with E-state index in [1.165, 1.54) is 30.2 Å². The molecule has 2 aromatic carbocycles. The highest BCUT2D eigenvalue weighted by atomic mass is 32.2. The molecule has 0 aliphatic heterocycles. The summed E-state index contributed by atoms with van der Waals surface area (Å²) in [6, 6.07) is 12.9. The standard InChI is InChI=1S/C22H19F3N6OS/c1-2-4-16-12-19(31-20(28-16)26-13-27-31)33-18-9-7-15(8-10-18)29-21(32)30-17-6-3-5-14(11-17)22(23,24)25/h3,5-13H,2,4H2,1H3,(H2,29,30,32). The van der Waals surface area contributed by atoms with E-state index in [2.05, 4.69) is 32.6 Å². The number of nitrogens with zero attached hydrogens (tertiary/aromatic N) is 4. The molecule has 33 heavy (non-hydrogen) atoms. The van der Waals surface area contributed by atoms with Gasteiger partial charge in [-0.15, -0.1) is 0 Å². The predicted octanol–water partition coefficient (Wildman–Crippen LogP) is 5.89. The Morgan fingerprint density at radius 2 is 1.82 bits per heavy atom. The van der Waals surface area contributed by atoms with Crippen molar-refractivity contribution in [1.82, 2.24) is 19.6 Å². The fourth-order valence-corrected chi connectivity index (χ4v) is 4.01. The van der Waals surface area contributed by atoms with Crippen LogP contribution in [0.25, 0.3) is 5.78 Å². The van der Waals surface area contributed by atoms with Crippen LogP contribution in [0.2, 0.25) is 0 Å². The Labute approximate surface area is 191 Å². The lowest BCUT2D eigenvalue weighted by atomic mass is 10.2. The summed E-state index contributed by atoms with van der Waals surface area (Å²) < 4.78 is 40.2. The molecule has 0 saturated heterocycles. The molecular formula is C22H19F3N6OS. The average molecular weight is 472 g/mol. The maximum atomic E-state index is 12.8. The average Bonchev–Trinajstić information content (AvgIpc) is 3.24. The zero-order chi connectivity index (χ0) is 23.4. The molecule has 7 nitrogen and oxygen atoms in total. The minimum atomic E-state index is -4.48.